The molecule has 4 rings (SSSR count). The largest absolute Gasteiger partial charge is 0.490 e. The predicted octanol–water partition coefficient (Wildman–Crippen LogP) is 7.65. The summed E-state index contributed by atoms with van der Waals surface area (Å²) in [7, 11) is 0. The summed E-state index contributed by atoms with van der Waals surface area (Å²) in [5.41, 5.74) is 2.67. The Morgan fingerprint density at radius 3 is 2.26 bits per heavy atom. The van der Waals surface area contributed by atoms with Crippen LogP contribution in [0.15, 0.2) is 67.3 Å². The normalized spacial score (nSPS) is 17.8. The molecule has 3 nitrogen and oxygen atoms in total. The second-order valence-corrected chi connectivity index (χ2v) is 8.56. The molecule has 0 N–H and O–H groups in total. The molecule has 0 amide bonds. The smallest absolute Gasteiger partial charge is 0.201 e. The summed E-state index contributed by atoms with van der Waals surface area (Å²) in [6.45, 7) is 6.70. The van der Waals surface area contributed by atoms with Crippen LogP contribution in [0.4, 0.5) is 13.2 Å². The van der Waals surface area contributed by atoms with Gasteiger partial charge in [-0.1, -0.05) is 49.4 Å². The first-order valence-electron chi connectivity index (χ1n) is 11.9. The average Bonchev–Trinajstić information content (AvgIpc) is 2.89. The van der Waals surface area contributed by atoms with Crippen molar-refractivity contribution < 1.29 is 27.4 Å². The molecule has 1 heterocycles. The molecule has 1 fully saturated rings. The Balaban J connectivity index is 1.47. The summed E-state index contributed by atoms with van der Waals surface area (Å²) in [5.74, 6) is -2.55. The lowest BCUT2D eigenvalue weighted by molar-refractivity contribution is -0.189. The van der Waals surface area contributed by atoms with E-state index in [-0.39, 0.29) is 29.3 Å². The standard InChI is InChI=1S/C29H29F3O3/c1-3-5-6-27-34-17-22(18-35-27)23-12-11-21(16-25(23)30)19-7-9-20(10-8-19)24-13-14-26(33-15-4-2)29(32)28(24)31/h3,7-14,16,22,27H,1,4-6,15,17-18H2,2H3. The van der Waals surface area contributed by atoms with E-state index in [1.54, 1.807) is 30.3 Å². The molecule has 0 bridgehead atoms. The molecule has 184 valence electrons. The molecule has 3 aromatic rings. The summed E-state index contributed by atoms with van der Waals surface area (Å²) in [6.07, 6.45) is 3.78. The third kappa shape index (κ3) is 5.77. The van der Waals surface area contributed by atoms with Gasteiger partial charge in [-0.25, -0.2) is 8.78 Å². The lowest BCUT2D eigenvalue weighted by Gasteiger charge is -2.29. The van der Waals surface area contributed by atoms with Crippen molar-refractivity contribution in [1.29, 1.82) is 0 Å². The Bertz CT molecular complexity index is 1150. The third-order valence-electron chi connectivity index (χ3n) is 6.05. The molecule has 1 aliphatic heterocycles. The zero-order valence-electron chi connectivity index (χ0n) is 19.7. The number of hydrogen-bond acceptors (Lipinski definition) is 3. The topological polar surface area (TPSA) is 27.7 Å². The van der Waals surface area contributed by atoms with Crippen LogP contribution in [0.5, 0.6) is 5.75 Å². The number of benzene rings is 3. The lowest BCUT2D eigenvalue weighted by atomic mass is 9.95. The van der Waals surface area contributed by atoms with Gasteiger partial charge in [-0.2, -0.15) is 4.39 Å². The molecule has 0 spiro atoms. The van der Waals surface area contributed by atoms with Gasteiger partial charge in [0.25, 0.3) is 0 Å². The van der Waals surface area contributed by atoms with Gasteiger partial charge in [-0.05, 0) is 53.3 Å². The number of rotatable bonds is 9. The van der Waals surface area contributed by atoms with Crippen molar-refractivity contribution in [1.82, 2.24) is 0 Å². The quantitative estimate of drug-likeness (QED) is 0.293. The average molecular weight is 483 g/mol. The van der Waals surface area contributed by atoms with Crippen LogP contribution in [0.3, 0.4) is 0 Å². The van der Waals surface area contributed by atoms with Crippen LogP contribution >= 0.6 is 0 Å². The Kier molecular flexibility index (Phi) is 8.26. The van der Waals surface area contributed by atoms with Crippen molar-refractivity contribution in [3.05, 3.63) is 90.3 Å². The van der Waals surface area contributed by atoms with Crippen LogP contribution in [0.2, 0.25) is 0 Å². The number of allylic oxidation sites excluding steroid dienone is 1. The van der Waals surface area contributed by atoms with Gasteiger partial charge in [-0.3, -0.25) is 0 Å². The maximum absolute atomic E-state index is 15.0. The van der Waals surface area contributed by atoms with E-state index in [2.05, 4.69) is 6.58 Å². The fraction of sp³-hybridized carbons (Fsp3) is 0.310. The van der Waals surface area contributed by atoms with E-state index >= 15 is 0 Å². The molecular weight excluding hydrogens is 453 g/mol. The predicted molar refractivity (Wildman–Crippen MR) is 131 cm³/mol. The van der Waals surface area contributed by atoms with E-state index < -0.39 is 11.6 Å². The number of halogens is 3. The minimum Gasteiger partial charge on any atom is -0.490 e. The van der Waals surface area contributed by atoms with E-state index in [4.69, 9.17) is 14.2 Å². The van der Waals surface area contributed by atoms with Gasteiger partial charge in [0.15, 0.2) is 17.9 Å². The van der Waals surface area contributed by atoms with E-state index in [9.17, 15) is 13.2 Å². The highest BCUT2D eigenvalue weighted by Gasteiger charge is 2.25. The molecule has 0 aliphatic carbocycles. The zero-order chi connectivity index (χ0) is 24.8. The molecule has 0 atom stereocenters. The first-order valence-corrected chi connectivity index (χ1v) is 11.9. The molecule has 35 heavy (non-hydrogen) atoms. The molecule has 0 saturated carbocycles. The van der Waals surface area contributed by atoms with Crippen molar-refractivity contribution in [2.45, 2.75) is 38.4 Å². The number of ether oxygens (including phenoxy) is 3. The molecule has 6 heteroatoms. The van der Waals surface area contributed by atoms with Gasteiger partial charge in [0.1, 0.15) is 5.82 Å². The minimum absolute atomic E-state index is 0.0960. The monoisotopic (exact) mass is 482 g/mol. The lowest BCUT2D eigenvalue weighted by Crippen LogP contribution is -2.31. The van der Waals surface area contributed by atoms with Crippen LogP contribution in [-0.4, -0.2) is 26.1 Å². The minimum atomic E-state index is -1.000. The molecule has 0 radical (unpaired) electrons. The highest BCUT2D eigenvalue weighted by molar-refractivity contribution is 5.71. The summed E-state index contributed by atoms with van der Waals surface area (Å²) in [5, 5.41) is 0. The third-order valence-corrected chi connectivity index (χ3v) is 6.05. The fourth-order valence-electron chi connectivity index (χ4n) is 4.10. The van der Waals surface area contributed by atoms with Crippen LogP contribution in [0.25, 0.3) is 22.3 Å². The molecule has 0 unspecified atom stereocenters. The van der Waals surface area contributed by atoms with Crippen LogP contribution in [0.1, 0.15) is 37.7 Å². The molecule has 3 aromatic carbocycles. The van der Waals surface area contributed by atoms with Gasteiger partial charge < -0.3 is 14.2 Å². The van der Waals surface area contributed by atoms with Gasteiger partial charge in [0.05, 0.1) is 19.8 Å². The first kappa shape index (κ1) is 25.0. The molecule has 1 aliphatic rings. The zero-order valence-corrected chi connectivity index (χ0v) is 19.7. The Hall–Kier alpha value is -3.09. The second kappa shape index (κ2) is 11.6. The van der Waals surface area contributed by atoms with Gasteiger partial charge in [0.2, 0.25) is 5.82 Å². The highest BCUT2D eigenvalue weighted by Crippen LogP contribution is 2.33. The number of hydrogen-bond donors (Lipinski definition) is 0. The van der Waals surface area contributed by atoms with Crippen LogP contribution < -0.4 is 4.74 Å². The van der Waals surface area contributed by atoms with Crippen molar-refractivity contribution in [2.75, 3.05) is 19.8 Å². The Labute approximate surface area is 204 Å². The van der Waals surface area contributed by atoms with E-state index in [1.807, 2.05) is 19.1 Å². The summed E-state index contributed by atoms with van der Waals surface area (Å²) < 4.78 is 60.6. The SMILES string of the molecule is C=CCCC1OCC(c2ccc(-c3ccc(-c4ccc(OCCC)c(F)c4F)cc3)cc2F)CO1. The van der Waals surface area contributed by atoms with Crippen molar-refractivity contribution in [3.8, 4) is 28.0 Å². The van der Waals surface area contributed by atoms with Crippen LogP contribution in [-0.2, 0) is 9.47 Å². The van der Waals surface area contributed by atoms with Crippen molar-refractivity contribution in [3.63, 3.8) is 0 Å². The maximum atomic E-state index is 15.0. The second-order valence-electron chi connectivity index (χ2n) is 8.56. The Morgan fingerprint density at radius 1 is 0.914 bits per heavy atom. The molecule has 0 aromatic heterocycles. The van der Waals surface area contributed by atoms with E-state index in [0.29, 0.717) is 42.9 Å². The summed E-state index contributed by atoms with van der Waals surface area (Å²) in [4.78, 5) is 0. The maximum Gasteiger partial charge on any atom is 0.201 e. The van der Waals surface area contributed by atoms with Gasteiger partial charge in [0, 0.05) is 17.9 Å². The van der Waals surface area contributed by atoms with Gasteiger partial charge >= 0.3 is 0 Å². The summed E-state index contributed by atoms with van der Waals surface area (Å²) in [6, 6.07) is 14.9. The van der Waals surface area contributed by atoms with E-state index in [1.165, 1.54) is 18.2 Å². The van der Waals surface area contributed by atoms with Gasteiger partial charge in [-0.15, -0.1) is 6.58 Å². The van der Waals surface area contributed by atoms with Crippen molar-refractivity contribution >= 4 is 0 Å². The van der Waals surface area contributed by atoms with Crippen molar-refractivity contribution in [2.24, 2.45) is 0 Å². The summed E-state index contributed by atoms with van der Waals surface area (Å²) >= 11 is 0. The Morgan fingerprint density at radius 2 is 1.60 bits per heavy atom. The fourth-order valence-corrected chi connectivity index (χ4v) is 4.10. The molecule has 1 saturated heterocycles. The molecular formula is C29H29F3O3. The first-order chi connectivity index (χ1) is 17.0. The highest BCUT2D eigenvalue weighted by atomic mass is 19.2. The van der Waals surface area contributed by atoms with Crippen LogP contribution in [0, 0.1) is 17.5 Å². The van der Waals surface area contributed by atoms with E-state index in [0.717, 1.165) is 18.4 Å².